The molecule has 1 aromatic rings. The monoisotopic (exact) mass is 291 g/mol. The zero-order valence-corrected chi connectivity index (χ0v) is 11.5. The first-order valence-corrected chi connectivity index (χ1v) is 6.30. The van der Waals surface area contributed by atoms with E-state index in [1.54, 1.807) is 25.1 Å². The van der Waals surface area contributed by atoms with E-state index in [-0.39, 0.29) is 12.5 Å². The Morgan fingerprint density at radius 1 is 1.39 bits per heavy atom. The zero-order chi connectivity index (χ0) is 13.5. The fourth-order valence-corrected chi connectivity index (χ4v) is 1.79. The summed E-state index contributed by atoms with van der Waals surface area (Å²) in [5.41, 5.74) is 0. The minimum atomic E-state index is -0.654. The highest BCUT2D eigenvalue weighted by Gasteiger charge is 2.14. The highest BCUT2D eigenvalue weighted by Crippen LogP contribution is 2.24. The van der Waals surface area contributed by atoms with Crippen molar-refractivity contribution in [1.29, 1.82) is 0 Å². The van der Waals surface area contributed by atoms with Crippen molar-refractivity contribution in [1.82, 2.24) is 5.32 Å². The maximum absolute atomic E-state index is 11.6. The number of benzene rings is 1. The van der Waals surface area contributed by atoms with Crippen LogP contribution in [0, 0.1) is 0 Å². The van der Waals surface area contributed by atoms with Crippen molar-refractivity contribution in [2.24, 2.45) is 0 Å². The lowest BCUT2D eigenvalue weighted by atomic mass is 10.3. The van der Waals surface area contributed by atoms with E-state index in [1.807, 2.05) is 0 Å². The number of rotatable bonds is 6. The molecule has 0 fully saturated rings. The Labute approximate surface area is 116 Å². The second-order valence-corrected chi connectivity index (χ2v) is 4.61. The molecular formula is C12H15Cl2NO3. The van der Waals surface area contributed by atoms with E-state index in [9.17, 15) is 4.79 Å². The molecule has 1 atom stereocenters. The number of hydrogen-bond donors (Lipinski definition) is 2. The average molecular weight is 292 g/mol. The average Bonchev–Trinajstić information content (AvgIpc) is 2.27. The highest BCUT2D eigenvalue weighted by atomic mass is 35.5. The van der Waals surface area contributed by atoms with Crippen LogP contribution < -0.4 is 10.1 Å². The molecule has 0 spiro atoms. The number of halogens is 2. The molecule has 0 aliphatic rings. The number of carbonyl (C=O) groups is 1. The number of ether oxygens (including phenoxy) is 1. The number of aliphatic hydroxyl groups is 1. The topological polar surface area (TPSA) is 58.6 Å². The Bertz CT molecular complexity index is 392. The molecule has 0 aliphatic carbocycles. The van der Waals surface area contributed by atoms with Crippen LogP contribution in [0.15, 0.2) is 18.2 Å². The van der Waals surface area contributed by atoms with Gasteiger partial charge in [0.25, 0.3) is 5.91 Å². The minimum absolute atomic E-state index is 0.0411. The van der Waals surface area contributed by atoms with Crippen LogP contribution in [0.2, 0.25) is 10.0 Å². The highest BCUT2D eigenvalue weighted by molar-refractivity contribution is 6.34. The molecular weight excluding hydrogens is 277 g/mol. The van der Waals surface area contributed by atoms with Gasteiger partial charge in [-0.1, -0.05) is 23.2 Å². The molecule has 2 N–H and O–H groups in total. The van der Waals surface area contributed by atoms with Gasteiger partial charge >= 0.3 is 0 Å². The molecule has 100 valence electrons. The molecule has 1 amide bonds. The molecule has 1 rings (SSSR count). The third kappa shape index (κ3) is 5.12. The molecule has 0 radical (unpaired) electrons. The van der Waals surface area contributed by atoms with Crippen LogP contribution in [-0.4, -0.2) is 30.3 Å². The summed E-state index contributed by atoms with van der Waals surface area (Å²) in [6.07, 6.45) is -0.139. The lowest BCUT2D eigenvalue weighted by Gasteiger charge is -2.15. The fourth-order valence-electron chi connectivity index (χ4n) is 1.29. The lowest BCUT2D eigenvalue weighted by Crippen LogP contribution is -2.37. The van der Waals surface area contributed by atoms with E-state index >= 15 is 0 Å². The first-order chi connectivity index (χ1) is 8.52. The SMILES string of the molecule is CC(Oc1cc(Cl)cc(Cl)c1)C(=O)NCCCO. The molecule has 4 nitrogen and oxygen atoms in total. The summed E-state index contributed by atoms with van der Waals surface area (Å²) >= 11 is 11.6. The first-order valence-electron chi connectivity index (χ1n) is 5.54. The van der Waals surface area contributed by atoms with E-state index in [1.165, 1.54) is 0 Å². The maximum atomic E-state index is 11.6. The number of carbonyl (C=O) groups excluding carboxylic acids is 1. The molecule has 6 heteroatoms. The van der Waals surface area contributed by atoms with Crippen LogP contribution >= 0.6 is 23.2 Å². The largest absolute Gasteiger partial charge is 0.481 e. The molecule has 0 bridgehead atoms. The van der Waals surface area contributed by atoms with Crippen LogP contribution in [-0.2, 0) is 4.79 Å². The van der Waals surface area contributed by atoms with Crippen LogP contribution in [0.4, 0.5) is 0 Å². The minimum Gasteiger partial charge on any atom is -0.481 e. The Morgan fingerprint density at radius 3 is 2.56 bits per heavy atom. The van der Waals surface area contributed by atoms with Crippen molar-refractivity contribution in [3.05, 3.63) is 28.2 Å². The second kappa shape index (κ2) is 7.46. The first kappa shape index (κ1) is 15.1. The van der Waals surface area contributed by atoms with Gasteiger partial charge in [0.2, 0.25) is 0 Å². The summed E-state index contributed by atoms with van der Waals surface area (Å²) in [5, 5.41) is 12.1. The lowest BCUT2D eigenvalue weighted by molar-refractivity contribution is -0.127. The summed E-state index contributed by atoms with van der Waals surface area (Å²) in [4.78, 5) is 11.6. The van der Waals surface area contributed by atoms with E-state index < -0.39 is 6.10 Å². The van der Waals surface area contributed by atoms with Gasteiger partial charge in [-0.05, 0) is 31.5 Å². The number of aliphatic hydroxyl groups excluding tert-OH is 1. The molecule has 1 aromatic carbocycles. The van der Waals surface area contributed by atoms with E-state index in [4.69, 9.17) is 33.0 Å². The van der Waals surface area contributed by atoms with Gasteiger partial charge in [0.15, 0.2) is 6.10 Å². The summed E-state index contributed by atoms with van der Waals surface area (Å²) in [7, 11) is 0. The van der Waals surface area contributed by atoms with Gasteiger partial charge in [0.05, 0.1) is 0 Å². The summed E-state index contributed by atoms with van der Waals surface area (Å²) < 4.78 is 5.43. The molecule has 0 saturated carbocycles. The van der Waals surface area contributed by atoms with Crippen molar-refractivity contribution < 1.29 is 14.6 Å². The molecule has 0 heterocycles. The van der Waals surface area contributed by atoms with Crippen LogP contribution in [0.5, 0.6) is 5.75 Å². The predicted octanol–water partition coefficient (Wildman–Crippen LogP) is 2.26. The zero-order valence-electron chi connectivity index (χ0n) is 9.95. The fraction of sp³-hybridized carbons (Fsp3) is 0.417. The maximum Gasteiger partial charge on any atom is 0.260 e. The van der Waals surface area contributed by atoms with Gasteiger partial charge in [-0.15, -0.1) is 0 Å². The van der Waals surface area contributed by atoms with E-state index in [0.29, 0.717) is 28.8 Å². The van der Waals surface area contributed by atoms with E-state index in [0.717, 1.165) is 0 Å². The summed E-state index contributed by atoms with van der Waals surface area (Å²) in [5.74, 6) is 0.192. The Morgan fingerprint density at radius 2 is 2.00 bits per heavy atom. The summed E-state index contributed by atoms with van der Waals surface area (Å²) in [6.45, 7) is 2.09. The van der Waals surface area contributed by atoms with Gasteiger partial charge < -0.3 is 15.2 Å². The Kier molecular flexibility index (Phi) is 6.25. The van der Waals surface area contributed by atoms with Crippen molar-refractivity contribution in [3.8, 4) is 5.75 Å². The summed E-state index contributed by atoms with van der Waals surface area (Å²) in [6, 6.07) is 4.76. The molecule has 0 saturated heterocycles. The normalized spacial score (nSPS) is 12.0. The Hall–Kier alpha value is -0.970. The van der Waals surface area contributed by atoms with Crippen LogP contribution in [0.1, 0.15) is 13.3 Å². The van der Waals surface area contributed by atoms with Gasteiger partial charge in [0.1, 0.15) is 5.75 Å². The van der Waals surface area contributed by atoms with Gasteiger partial charge in [-0.3, -0.25) is 4.79 Å². The van der Waals surface area contributed by atoms with E-state index in [2.05, 4.69) is 5.32 Å². The smallest absolute Gasteiger partial charge is 0.260 e. The van der Waals surface area contributed by atoms with Gasteiger partial charge in [-0.2, -0.15) is 0 Å². The Balaban J connectivity index is 2.52. The molecule has 0 aromatic heterocycles. The third-order valence-electron chi connectivity index (χ3n) is 2.15. The van der Waals surface area contributed by atoms with Gasteiger partial charge in [0, 0.05) is 23.2 Å². The van der Waals surface area contributed by atoms with Crippen molar-refractivity contribution >= 4 is 29.1 Å². The quantitative estimate of drug-likeness (QED) is 0.791. The standard InChI is InChI=1S/C12H15Cl2NO3/c1-8(12(17)15-3-2-4-16)18-11-6-9(13)5-10(14)7-11/h5-8,16H,2-4H2,1H3,(H,15,17). The number of hydrogen-bond acceptors (Lipinski definition) is 3. The molecule has 0 aliphatic heterocycles. The number of amides is 1. The van der Waals surface area contributed by atoms with Crippen LogP contribution in [0.25, 0.3) is 0 Å². The second-order valence-electron chi connectivity index (χ2n) is 3.73. The van der Waals surface area contributed by atoms with Crippen molar-refractivity contribution in [3.63, 3.8) is 0 Å². The third-order valence-corrected chi connectivity index (χ3v) is 2.59. The van der Waals surface area contributed by atoms with Crippen molar-refractivity contribution in [2.75, 3.05) is 13.2 Å². The number of nitrogens with one attached hydrogen (secondary N) is 1. The van der Waals surface area contributed by atoms with Gasteiger partial charge in [-0.25, -0.2) is 0 Å². The molecule has 1 unspecified atom stereocenters. The predicted molar refractivity (Wildman–Crippen MR) is 71.3 cm³/mol. The molecule has 18 heavy (non-hydrogen) atoms. The van der Waals surface area contributed by atoms with Crippen LogP contribution in [0.3, 0.4) is 0 Å². The van der Waals surface area contributed by atoms with Crippen molar-refractivity contribution in [2.45, 2.75) is 19.4 Å².